The number of nitrogens with one attached hydrogen (secondary N) is 1. The number of halogens is 3. The summed E-state index contributed by atoms with van der Waals surface area (Å²) in [5.74, 6) is -7.81. The van der Waals surface area contributed by atoms with Crippen LogP contribution in [0.2, 0.25) is 0 Å². The Morgan fingerprint density at radius 2 is 1.81 bits per heavy atom. The van der Waals surface area contributed by atoms with Crippen molar-refractivity contribution in [3.63, 3.8) is 0 Å². The van der Waals surface area contributed by atoms with E-state index in [1.165, 1.54) is 32.0 Å². The number of anilines is 1. The molecule has 0 aromatic heterocycles. The van der Waals surface area contributed by atoms with Crippen molar-refractivity contribution in [1.82, 2.24) is 10.2 Å². The number of aromatic hydroxyl groups is 1. The highest BCUT2D eigenvalue weighted by Gasteiger charge is 2.63. The molecule has 1 amide bonds. The molecule has 5 atom stereocenters. The smallest absolute Gasteiger partial charge is 0.403 e. The van der Waals surface area contributed by atoms with Gasteiger partial charge in [0.15, 0.2) is 11.4 Å². The maximum Gasteiger partial charge on any atom is 0.403 e. The summed E-state index contributed by atoms with van der Waals surface area (Å²) >= 11 is 0. The van der Waals surface area contributed by atoms with Gasteiger partial charge in [-0.15, -0.1) is 0 Å². The van der Waals surface area contributed by atoms with Crippen LogP contribution >= 0.6 is 0 Å². The first-order valence-corrected chi connectivity index (χ1v) is 13.4. The van der Waals surface area contributed by atoms with E-state index in [0.29, 0.717) is 11.3 Å². The second-order valence-electron chi connectivity index (χ2n) is 11.5. The minimum absolute atomic E-state index is 0.00437. The Bertz CT molecular complexity index is 1420. The zero-order valence-corrected chi connectivity index (χ0v) is 23.8. The average molecular weight is 597 g/mol. The monoisotopic (exact) mass is 596 g/mol. The molecule has 0 saturated heterocycles. The quantitative estimate of drug-likeness (QED) is 0.254. The van der Waals surface area contributed by atoms with E-state index in [9.17, 15) is 48.0 Å². The Morgan fingerprint density at radius 3 is 2.31 bits per heavy atom. The standard InChI is InChI=1S/C28H35F3N4O7/c1-6-16(28(29,30)31)33-10-12-9-15(34(2)3)13-7-11-8-14-20(35(4)5)23(38)19(26(32)41)25(40)27(14,42)24(39)17(11)22(37)18(13)21(12)36/h9,11,14,16,20,33,36,38-39,42H,6-8,10H2,1-5H3,(H2,32,41)/t11-,14+,16?,20?,27-/m0/s1. The first-order valence-electron chi connectivity index (χ1n) is 13.4. The van der Waals surface area contributed by atoms with E-state index in [4.69, 9.17) is 5.73 Å². The lowest BCUT2D eigenvalue weighted by Gasteiger charge is -2.50. The number of allylic oxidation sites excluding steroid dienone is 1. The third-order valence-corrected chi connectivity index (χ3v) is 8.60. The van der Waals surface area contributed by atoms with Gasteiger partial charge in [0, 0.05) is 43.4 Å². The number of Topliss-reactive ketones (excluding diaryl/α,β-unsaturated/α-hetero) is 2. The van der Waals surface area contributed by atoms with Gasteiger partial charge in [-0.05, 0) is 50.9 Å². The number of rotatable bonds is 7. The normalized spacial score (nSPS) is 26.7. The number of alkyl halides is 3. The Hall–Kier alpha value is -3.62. The number of nitrogens with zero attached hydrogens (tertiary/aromatic N) is 2. The highest BCUT2D eigenvalue weighted by molar-refractivity contribution is 6.24. The van der Waals surface area contributed by atoms with Crippen LogP contribution in [0.25, 0.3) is 0 Å². The summed E-state index contributed by atoms with van der Waals surface area (Å²) in [6, 6.07) is -1.49. The molecule has 0 heterocycles. The van der Waals surface area contributed by atoms with Crippen LogP contribution in [-0.4, -0.2) is 94.9 Å². The van der Waals surface area contributed by atoms with Crippen LogP contribution in [0.15, 0.2) is 28.7 Å². The van der Waals surface area contributed by atoms with Crippen LogP contribution in [0.1, 0.15) is 41.3 Å². The molecule has 11 nitrogen and oxygen atoms in total. The van der Waals surface area contributed by atoms with Crippen LogP contribution in [0.3, 0.4) is 0 Å². The third-order valence-electron chi connectivity index (χ3n) is 8.60. The first kappa shape index (κ1) is 31.3. The number of aliphatic hydroxyl groups excluding tert-OH is 2. The predicted molar refractivity (Wildman–Crippen MR) is 145 cm³/mol. The van der Waals surface area contributed by atoms with Crippen molar-refractivity contribution in [2.45, 2.75) is 56.6 Å². The van der Waals surface area contributed by atoms with Crippen molar-refractivity contribution in [2.75, 3.05) is 33.1 Å². The number of ketones is 2. The number of primary amides is 1. The lowest BCUT2D eigenvalue weighted by Crippen LogP contribution is -2.63. The molecule has 0 radical (unpaired) electrons. The molecule has 14 heteroatoms. The minimum atomic E-state index is -4.54. The van der Waals surface area contributed by atoms with Crippen molar-refractivity contribution >= 4 is 23.2 Å². The Balaban J connectivity index is 1.89. The van der Waals surface area contributed by atoms with Gasteiger partial charge in [0.25, 0.3) is 5.91 Å². The van der Waals surface area contributed by atoms with E-state index < -0.39 is 82.6 Å². The summed E-state index contributed by atoms with van der Waals surface area (Å²) in [4.78, 5) is 42.6. The van der Waals surface area contributed by atoms with Gasteiger partial charge in [-0.2, -0.15) is 13.2 Å². The average Bonchev–Trinajstić information content (AvgIpc) is 2.86. The number of carbonyl (C=O) groups excluding carboxylic acids is 3. The van der Waals surface area contributed by atoms with Crippen LogP contribution in [0.4, 0.5) is 18.9 Å². The summed E-state index contributed by atoms with van der Waals surface area (Å²) in [5, 5.41) is 47.6. The van der Waals surface area contributed by atoms with Crippen molar-refractivity contribution < 1.29 is 48.0 Å². The summed E-state index contributed by atoms with van der Waals surface area (Å²) in [5.41, 5.74) is 1.87. The second kappa shape index (κ2) is 10.6. The molecule has 1 aromatic carbocycles. The fourth-order valence-electron chi connectivity index (χ4n) is 6.61. The van der Waals surface area contributed by atoms with E-state index in [1.54, 1.807) is 19.0 Å². The molecule has 0 saturated carbocycles. The van der Waals surface area contributed by atoms with Crippen molar-refractivity contribution in [2.24, 2.45) is 17.6 Å². The highest BCUT2D eigenvalue weighted by atomic mass is 19.4. The van der Waals surface area contributed by atoms with Gasteiger partial charge >= 0.3 is 6.18 Å². The third kappa shape index (κ3) is 4.61. The number of amides is 1. The van der Waals surface area contributed by atoms with Crippen LogP contribution < -0.4 is 16.0 Å². The van der Waals surface area contributed by atoms with E-state index in [-0.39, 0.29) is 36.0 Å². The molecule has 42 heavy (non-hydrogen) atoms. The topological polar surface area (TPSA) is 177 Å². The van der Waals surface area contributed by atoms with E-state index in [0.717, 1.165) is 0 Å². The molecule has 4 rings (SSSR count). The number of hydrogen-bond acceptors (Lipinski definition) is 10. The van der Waals surface area contributed by atoms with Gasteiger partial charge in [0.2, 0.25) is 5.78 Å². The number of hydrogen-bond donors (Lipinski definition) is 6. The van der Waals surface area contributed by atoms with Crippen molar-refractivity contribution in [3.8, 4) is 5.75 Å². The number of phenolic OH excluding ortho intramolecular Hbond substituents is 1. The molecular weight excluding hydrogens is 561 g/mol. The number of likely N-dealkylation sites (N-methyl/N-ethyl adjacent to an activating group) is 1. The molecule has 0 fully saturated rings. The highest BCUT2D eigenvalue weighted by Crippen LogP contribution is 2.53. The molecule has 0 bridgehead atoms. The predicted octanol–water partition coefficient (Wildman–Crippen LogP) is 1.62. The van der Waals surface area contributed by atoms with E-state index in [1.807, 2.05) is 0 Å². The molecule has 0 spiro atoms. The fourth-order valence-corrected chi connectivity index (χ4v) is 6.61. The van der Waals surface area contributed by atoms with Crippen LogP contribution in [-0.2, 0) is 22.6 Å². The fraction of sp³-hybridized carbons (Fsp3) is 0.536. The molecule has 7 N–H and O–H groups in total. The van der Waals surface area contributed by atoms with Gasteiger partial charge in [0.1, 0.15) is 28.9 Å². The lowest BCUT2D eigenvalue weighted by atomic mass is 9.58. The molecule has 0 aliphatic heterocycles. The SMILES string of the molecule is CCC(NCc1cc(N(C)C)c2c(c1O)C(=O)C1=C(O)[C@]3(O)C(=O)C(C(N)=O)=C(O)C(N(C)C)[C@H]3C[C@@H]1C2)C(F)(F)F. The van der Waals surface area contributed by atoms with Gasteiger partial charge in [0.05, 0.1) is 11.6 Å². The van der Waals surface area contributed by atoms with E-state index >= 15 is 0 Å². The Kier molecular flexibility index (Phi) is 7.89. The van der Waals surface area contributed by atoms with Gasteiger partial charge in [-0.3, -0.25) is 19.3 Å². The van der Waals surface area contributed by atoms with E-state index in [2.05, 4.69) is 5.32 Å². The molecular formula is C28H35F3N4O7. The van der Waals surface area contributed by atoms with Crippen LogP contribution in [0, 0.1) is 11.8 Å². The molecule has 2 unspecified atom stereocenters. The zero-order chi connectivity index (χ0) is 31.6. The molecule has 3 aliphatic carbocycles. The van der Waals surface area contributed by atoms with Crippen molar-refractivity contribution in [1.29, 1.82) is 0 Å². The number of nitrogens with two attached hydrogens (primary N) is 1. The maximum atomic E-state index is 14.0. The number of benzene rings is 1. The Labute approximate surface area is 240 Å². The summed E-state index contributed by atoms with van der Waals surface area (Å²) in [6.07, 6.45) is -4.83. The van der Waals surface area contributed by atoms with Gasteiger partial charge in [-0.1, -0.05) is 6.92 Å². The van der Waals surface area contributed by atoms with Gasteiger partial charge < -0.3 is 36.4 Å². The largest absolute Gasteiger partial charge is 0.510 e. The lowest BCUT2D eigenvalue weighted by molar-refractivity contribution is -0.156. The number of carbonyl (C=O) groups is 3. The number of phenols is 1. The molecule has 3 aliphatic rings. The zero-order valence-electron chi connectivity index (χ0n) is 23.8. The molecule has 1 aromatic rings. The Morgan fingerprint density at radius 1 is 1.19 bits per heavy atom. The molecule has 230 valence electrons. The number of aliphatic hydroxyl groups is 3. The summed E-state index contributed by atoms with van der Waals surface area (Å²) in [6.45, 7) is 0.926. The minimum Gasteiger partial charge on any atom is -0.510 e. The summed E-state index contributed by atoms with van der Waals surface area (Å²) < 4.78 is 40.1. The second-order valence-corrected chi connectivity index (χ2v) is 11.5. The maximum absolute atomic E-state index is 14.0. The van der Waals surface area contributed by atoms with Gasteiger partial charge in [-0.25, -0.2) is 0 Å². The summed E-state index contributed by atoms with van der Waals surface area (Å²) in [7, 11) is 6.40. The first-order chi connectivity index (χ1) is 19.4. The van der Waals surface area contributed by atoms with Crippen LogP contribution in [0.5, 0.6) is 5.75 Å². The van der Waals surface area contributed by atoms with Crippen molar-refractivity contribution in [3.05, 3.63) is 45.4 Å². The number of fused-ring (bicyclic) bond motifs is 3.